The molecule has 1 saturated carbocycles. The third kappa shape index (κ3) is 5.63. The molecule has 0 aliphatic heterocycles. The van der Waals surface area contributed by atoms with E-state index < -0.39 is 0 Å². The molecule has 2 N–H and O–H groups in total. The molecule has 1 fully saturated rings. The van der Waals surface area contributed by atoms with Gasteiger partial charge in [-0.1, -0.05) is 43.7 Å². The Balaban J connectivity index is 1.55. The summed E-state index contributed by atoms with van der Waals surface area (Å²) in [5.74, 6) is 1.31. The molecule has 0 saturated heterocycles. The van der Waals surface area contributed by atoms with Crippen LogP contribution in [0.15, 0.2) is 33.9 Å². The summed E-state index contributed by atoms with van der Waals surface area (Å²) in [6.45, 7) is 4.07. The van der Waals surface area contributed by atoms with Gasteiger partial charge in [0.2, 0.25) is 5.91 Å². The summed E-state index contributed by atoms with van der Waals surface area (Å²) in [6.07, 6.45) is 4.66. The van der Waals surface area contributed by atoms with E-state index >= 15 is 0 Å². The average Bonchev–Trinajstić information content (AvgIpc) is 3.09. The van der Waals surface area contributed by atoms with E-state index in [1.807, 2.05) is 36.7 Å². The van der Waals surface area contributed by atoms with Gasteiger partial charge in [-0.3, -0.25) is 9.59 Å². The van der Waals surface area contributed by atoms with Crippen molar-refractivity contribution < 1.29 is 9.59 Å². The summed E-state index contributed by atoms with van der Waals surface area (Å²) in [7, 11) is 1.85. The molecular formula is C21H28BrN5O2S. The number of carbonyl (C=O) groups is 2. The van der Waals surface area contributed by atoms with Crippen LogP contribution in [0.2, 0.25) is 0 Å². The number of aromatic nitrogens is 3. The zero-order valence-electron chi connectivity index (χ0n) is 17.5. The van der Waals surface area contributed by atoms with E-state index in [9.17, 15) is 9.59 Å². The van der Waals surface area contributed by atoms with E-state index in [1.54, 1.807) is 6.07 Å². The Morgan fingerprint density at radius 2 is 2.00 bits per heavy atom. The summed E-state index contributed by atoms with van der Waals surface area (Å²) in [5.41, 5.74) is 0.565. The van der Waals surface area contributed by atoms with Crippen LogP contribution in [0.3, 0.4) is 0 Å². The summed E-state index contributed by atoms with van der Waals surface area (Å²) in [6, 6.07) is 7.22. The van der Waals surface area contributed by atoms with Gasteiger partial charge < -0.3 is 15.2 Å². The number of rotatable bonds is 7. The van der Waals surface area contributed by atoms with Gasteiger partial charge in [0, 0.05) is 17.6 Å². The zero-order chi connectivity index (χ0) is 21.7. The van der Waals surface area contributed by atoms with Gasteiger partial charge in [0.25, 0.3) is 5.91 Å². The Hall–Kier alpha value is -1.87. The van der Waals surface area contributed by atoms with Gasteiger partial charge in [-0.25, -0.2) is 0 Å². The maximum Gasteiger partial charge on any atom is 0.253 e. The smallest absolute Gasteiger partial charge is 0.253 e. The van der Waals surface area contributed by atoms with Gasteiger partial charge in [0.05, 0.1) is 17.4 Å². The van der Waals surface area contributed by atoms with Gasteiger partial charge in [-0.15, -0.1) is 10.2 Å². The third-order valence-corrected chi connectivity index (χ3v) is 7.22. The predicted octanol–water partition coefficient (Wildman–Crippen LogP) is 3.86. The van der Waals surface area contributed by atoms with Gasteiger partial charge in [-0.05, 0) is 53.7 Å². The van der Waals surface area contributed by atoms with E-state index in [1.165, 1.54) is 31.0 Å². The van der Waals surface area contributed by atoms with Crippen molar-refractivity contribution >= 4 is 39.5 Å². The number of hydrogen-bond donors (Lipinski definition) is 2. The Labute approximate surface area is 189 Å². The minimum Gasteiger partial charge on any atom is -0.352 e. The van der Waals surface area contributed by atoms with Gasteiger partial charge >= 0.3 is 0 Å². The van der Waals surface area contributed by atoms with Crippen LogP contribution in [0.4, 0.5) is 0 Å². The van der Waals surface area contributed by atoms with Crippen LogP contribution < -0.4 is 10.6 Å². The molecule has 0 radical (unpaired) electrons. The summed E-state index contributed by atoms with van der Waals surface area (Å²) in [5, 5.41) is 15.2. The minimum absolute atomic E-state index is 0.0265. The molecule has 0 unspecified atom stereocenters. The average molecular weight is 494 g/mol. The van der Waals surface area contributed by atoms with Crippen molar-refractivity contribution in [3.63, 3.8) is 0 Å². The molecule has 1 heterocycles. The van der Waals surface area contributed by atoms with Crippen molar-refractivity contribution in [2.45, 2.75) is 56.8 Å². The number of hydrogen-bond acceptors (Lipinski definition) is 5. The number of thioether (sulfide) groups is 1. The lowest BCUT2D eigenvalue weighted by molar-refractivity contribution is -0.119. The molecule has 30 heavy (non-hydrogen) atoms. The molecule has 1 aliphatic carbocycles. The SMILES string of the molecule is C[C@@H]1CCCC[C@@H]1NC(=O)CSc1nnc([C@@H](C)NC(=O)c2ccccc2Br)n1C. The molecule has 1 aromatic carbocycles. The quantitative estimate of drug-likeness (QED) is 0.571. The first-order valence-corrected chi connectivity index (χ1v) is 12.0. The number of halogens is 1. The van der Waals surface area contributed by atoms with Crippen molar-refractivity contribution in [1.29, 1.82) is 0 Å². The molecule has 1 aromatic heterocycles. The van der Waals surface area contributed by atoms with Crippen molar-refractivity contribution in [2.24, 2.45) is 13.0 Å². The molecule has 162 valence electrons. The van der Waals surface area contributed by atoms with Crippen LogP contribution in [0.25, 0.3) is 0 Å². The fraction of sp³-hybridized carbons (Fsp3) is 0.524. The fourth-order valence-electron chi connectivity index (χ4n) is 3.72. The number of benzene rings is 1. The van der Waals surface area contributed by atoms with E-state index in [2.05, 4.69) is 43.7 Å². The summed E-state index contributed by atoms with van der Waals surface area (Å²) < 4.78 is 2.56. The zero-order valence-corrected chi connectivity index (χ0v) is 19.9. The maximum absolute atomic E-state index is 12.5. The fourth-order valence-corrected chi connectivity index (χ4v) is 4.92. The van der Waals surface area contributed by atoms with Gasteiger partial charge in [-0.2, -0.15) is 0 Å². The van der Waals surface area contributed by atoms with Crippen LogP contribution in [-0.2, 0) is 11.8 Å². The van der Waals surface area contributed by atoms with E-state index in [4.69, 9.17) is 0 Å². The summed E-state index contributed by atoms with van der Waals surface area (Å²) >= 11 is 4.76. The largest absolute Gasteiger partial charge is 0.352 e. The molecule has 3 atom stereocenters. The highest BCUT2D eigenvalue weighted by Crippen LogP contribution is 2.24. The van der Waals surface area contributed by atoms with Gasteiger partial charge in [0.15, 0.2) is 11.0 Å². The van der Waals surface area contributed by atoms with Crippen LogP contribution in [0, 0.1) is 5.92 Å². The van der Waals surface area contributed by atoms with Gasteiger partial charge in [0.1, 0.15) is 0 Å². The lowest BCUT2D eigenvalue weighted by atomic mass is 9.86. The van der Waals surface area contributed by atoms with E-state index in [0.717, 1.165) is 10.9 Å². The molecule has 2 aromatic rings. The Morgan fingerprint density at radius 3 is 2.73 bits per heavy atom. The van der Waals surface area contributed by atoms with Crippen LogP contribution in [0.1, 0.15) is 61.8 Å². The molecule has 0 spiro atoms. The highest BCUT2D eigenvalue weighted by Gasteiger charge is 2.24. The maximum atomic E-state index is 12.5. The first-order valence-electron chi connectivity index (χ1n) is 10.2. The normalized spacial score (nSPS) is 19.9. The summed E-state index contributed by atoms with van der Waals surface area (Å²) in [4.78, 5) is 24.9. The second-order valence-corrected chi connectivity index (χ2v) is 9.60. The number of nitrogens with zero attached hydrogens (tertiary/aromatic N) is 3. The standard InChI is InChI=1S/C21H28BrN5O2S/c1-13-8-4-7-11-17(13)24-18(28)12-30-21-26-25-19(27(21)3)14(2)23-20(29)15-9-5-6-10-16(15)22/h5-6,9-10,13-14,17H,4,7-8,11-12H2,1-3H3,(H,23,29)(H,24,28)/t13-,14-,17+/m1/s1. The number of nitrogens with one attached hydrogen (secondary N) is 2. The predicted molar refractivity (Wildman–Crippen MR) is 121 cm³/mol. The number of carbonyl (C=O) groups excluding carboxylic acids is 2. The second-order valence-electron chi connectivity index (χ2n) is 7.80. The van der Waals surface area contributed by atoms with E-state index in [0.29, 0.717) is 28.2 Å². The monoisotopic (exact) mass is 493 g/mol. The molecule has 7 nitrogen and oxygen atoms in total. The Bertz CT molecular complexity index is 903. The first kappa shape index (κ1) is 22.8. The molecular weight excluding hydrogens is 466 g/mol. The van der Waals surface area contributed by atoms with E-state index in [-0.39, 0.29) is 23.9 Å². The second kappa shape index (κ2) is 10.4. The highest BCUT2D eigenvalue weighted by molar-refractivity contribution is 9.10. The Morgan fingerprint density at radius 1 is 1.27 bits per heavy atom. The minimum atomic E-state index is -0.326. The van der Waals surface area contributed by atoms with Crippen molar-refractivity contribution in [2.75, 3.05) is 5.75 Å². The third-order valence-electron chi connectivity index (χ3n) is 5.51. The van der Waals surface area contributed by atoms with Crippen molar-refractivity contribution in [1.82, 2.24) is 25.4 Å². The van der Waals surface area contributed by atoms with Crippen LogP contribution >= 0.6 is 27.7 Å². The molecule has 9 heteroatoms. The molecule has 1 aliphatic rings. The molecule has 2 amide bonds. The van der Waals surface area contributed by atoms with Crippen molar-refractivity contribution in [3.05, 3.63) is 40.1 Å². The highest BCUT2D eigenvalue weighted by atomic mass is 79.9. The molecule has 0 bridgehead atoms. The van der Waals surface area contributed by atoms with Crippen LogP contribution in [-0.4, -0.2) is 38.4 Å². The Kier molecular flexibility index (Phi) is 7.93. The first-order chi connectivity index (χ1) is 14.4. The lowest BCUT2D eigenvalue weighted by Gasteiger charge is -2.29. The lowest BCUT2D eigenvalue weighted by Crippen LogP contribution is -2.41. The number of amides is 2. The van der Waals surface area contributed by atoms with Crippen LogP contribution in [0.5, 0.6) is 0 Å². The van der Waals surface area contributed by atoms with Crippen molar-refractivity contribution in [3.8, 4) is 0 Å². The topological polar surface area (TPSA) is 88.9 Å². The molecule has 3 rings (SSSR count).